The lowest BCUT2D eigenvalue weighted by atomic mass is 10.1. The van der Waals surface area contributed by atoms with Crippen molar-refractivity contribution in [3.8, 4) is 0 Å². The van der Waals surface area contributed by atoms with Crippen LogP contribution in [0, 0.1) is 0 Å². The molecule has 19 heavy (non-hydrogen) atoms. The van der Waals surface area contributed by atoms with Crippen LogP contribution < -0.4 is 0 Å². The smallest absolute Gasteiger partial charge is 0.0540 e. The standard InChI is InChI=1S/C18H19N/c1-4-7-14-10-11-16-15-8-5-6-9-17(15)19(13(2)3)18(16)12-14/h5-6,8-12H,2,4,7H2,1,3H3. The van der Waals surface area contributed by atoms with Crippen molar-refractivity contribution in [3.63, 3.8) is 0 Å². The summed E-state index contributed by atoms with van der Waals surface area (Å²) in [5.41, 5.74) is 5.00. The van der Waals surface area contributed by atoms with E-state index in [1.54, 1.807) is 0 Å². The fourth-order valence-electron chi connectivity index (χ4n) is 2.87. The van der Waals surface area contributed by atoms with Gasteiger partial charge in [0.05, 0.1) is 11.0 Å². The molecule has 3 rings (SSSR count). The number of aryl methyl sites for hydroxylation is 1. The maximum absolute atomic E-state index is 4.14. The Bertz CT molecular complexity index is 762. The van der Waals surface area contributed by atoms with Crippen LogP contribution in [0.3, 0.4) is 0 Å². The molecule has 1 heterocycles. The Labute approximate surface area is 114 Å². The van der Waals surface area contributed by atoms with Crippen molar-refractivity contribution < 1.29 is 0 Å². The van der Waals surface area contributed by atoms with E-state index in [0.717, 1.165) is 12.1 Å². The van der Waals surface area contributed by atoms with Crippen molar-refractivity contribution in [3.05, 3.63) is 54.6 Å². The molecule has 0 aliphatic carbocycles. The number of para-hydroxylation sites is 1. The number of allylic oxidation sites excluding steroid dienone is 1. The van der Waals surface area contributed by atoms with Crippen LogP contribution in [0.25, 0.3) is 27.5 Å². The first-order valence-corrected chi connectivity index (χ1v) is 6.90. The third kappa shape index (κ3) is 1.86. The minimum atomic E-state index is 1.07. The van der Waals surface area contributed by atoms with Gasteiger partial charge in [-0.15, -0.1) is 0 Å². The predicted molar refractivity (Wildman–Crippen MR) is 84.4 cm³/mol. The predicted octanol–water partition coefficient (Wildman–Crippen LogP) is 5.24. The molecule has 0 bridgehead atoms. The molecule has 1 nitrogen and oxygen atoms in total. The second kappa shape index (κ2) is 4.58. The second-order valence-electron chi connectivity index (χ2n) is 5.19. The van der Waals surface area contributed by atoms with Crippen LogP contribution >= 0.6 is 0 Å². The molecule has 0 aliphatic rings. The number of hydrogen-bond donors (Lipinski definition) is 0. The van der Waals surface area contributed by atoms with Gasteiger partial charge in [0.2, 0.25) is 0 Å². The maximum Gasteiger partial charge on any atom is 0.0540 e. The molecule has 0 saturated heterocycles. The molecule has 2 aromatic carbocycles. The van der Waals surface area contributed by atoms with Crippen LogP contribution in [0.15, 0.2) is 49.0 Å². The van der Waals surface area contributed by atoms with Gasteiger partial charge < -0.3 is 4.57 Å². The quantitative estimate of drug-likeness (QED) is 0.598. The number of benzene rings is 2. The Morgan fingerprint density at radius 1 is 1.05 bits per heavy atom. The van der Waals surface area contributed by atoms with E-state index < -0.39 is 0 Å². The topological polar surface area (TPSA) is 4.93 Å². The van der Waals surface area contributed by atoms with Crippen LogP contribution in [0.5, 0.6) is 0 Å². The molecule has 96 valence electrons. The largest absolute Gasteiger partial charge is 0.314 e. The highest BCUT2D eigenvalue weighted by Crippen LogP contribution is 2.31. The van der Waals surface area contributed by atoms with Gasteiger partial charge in [0.15, 0.2) is 0 Å². The molecule has 0 N–H and O–H groups in total. The van der Waals surface area contributed by atoms with Crippen LogP contribution in [-0.2, 0) is 6.42 Å². The molecule has 0 amide bonds. The molecule has 1 heteroatoms. The number of nitrogens with zero attached hydrogens (tertiary/aromatic N) is 1. The van der Waals surface area contributed by atoms with E-state index in [0.29, 0.717) is 0 Å². The Morgan fingerprint density at radius 2 is 1.79 bits per heavy atom. The highest BCUT2D eigenvalue weighted by molar-refractivity contribution is 6.10. The number of fused-ring (bicyclic) bond motifs is 3. The van der Waals surface area contributed by atoms with Gasteiger partial charge in [-0.05, 0) is 31.0 Å². The molecule has 0 fully saturated rings. The summed E-state index contributed by atoms with van der Waals surface area (Å²) in [5.74, 6) is 0. The summed E-state index contributed by atoms with van der Waals surface area (Å²) in [6.45, 7) is 8.43. The van der Waals surface area contributed by atoms with Gasteiger partial charge in [-0.3, -0.25) is 0 Å². The van der Waals surface area contributed by atoms with E-state index >= 15 is 0 Å². The Balaban J connectivity index is 2.42. The molecule has 0 unspecified atom stereocenters. The van der Waals surface area contributed by atoms with Crippen molar-refractivity contribution in [2.75, 3.05) is 0 Å². The van der Waals surface area contributed by atoms with E-state index in [4.69, 9.17) is 0 Å². The zero-order chi connectivity index (χ0) is 13.4. The summed E-state index contributed by atoms with van der Waals surface area (Å²) in [6.07, 6.45) is 2.31. The zero-order valence-electron chi connectivity index (χ0n) is 11.6. The average molecular weight is 249 g/mol. The zero-order valence-corrected chi connectivity index (χ0v) is 11.6. The normalized spacial score (nSPS) is 11.3. The molecular weight excluding hydrogens is 230 g/mol. The van der Waals surface area contributed by atoms with Crippen molar-refractivity contribution in [2.24, 2.45) is 0 Å². The van der Waals surface area contributed by atoms with Gasteiger partial charge in [-0.25, -0.2) is 0 Å². The van der Waals surface area contributed by atoms with Crippen LogP contribution in [0.1, 0.15) is 25.8 Å². The molecule has 0 radical (unpaired) electrons. The Kier molecular flexibility index (Phi) is 2.90. The lowest BCUT2D eigenvalue weighted by Crippen LogP contribution is -1.92. The van der Waals surface area contributed by atoms with Gasteiger partial charge in [-0.2, -0.15) is 0 Å². The summed E-state index contributed by atoms with van der Waals surface area (Å²) in [6, 6.07) is 15.4. The van der Waals surface area contributed by atoms with E-state index in [2.05, 4.69) is 67.5 Å². The van der Waals surface area contributed by atoms with Crippen LogP contribution in [-0.4, -0.2) is 4.57 Å². The summed E-state index contributed by atoms with van der Waals surface area (Å²) >= 11 is 0. The molecule has 0 saturated carbocycles. The van der Waals surface area contributed by atoms with Crippen molar-refractivity contribution in [1.82, 2.24) is 4.57 Å². The summed E-state index contributed by atoms with van der Waals surface area (Å²) in [4.78, 5) is 0. The van der Waals surface area contributed by atoms with Crippen molar-refractivity contribution >= 4 is 27.5 Å². The third-order valence-corrected chi connectivity index (χ3v) is 3.66. The van der Waals surface area contributed by atoms with Crippen molar-refractivity contribution in [2.45, 2.75) is 26.7 Å². The number of rotatable bonds is 3. The first-order chi connectivity index (χ1) is 9.22. The minimum absolute atomic E-state index is 1.07. The first-order valence-electron chi connectivity index (χ1n) is 6.90. The van der Waals surface area contributed by atoms with Gasteiger partial charge >= 0.3 is 0 Å². The number of aromatic nitrogens is 1. The molecule has 0 atom stereocenters. The van der Waals surface area contributed by atoms with E-state index in [9.17, 15) is 0 Å². The lowest BCUT2D eigenvalue weighted by Gasteiger charge is -2.07. The molecule has 0 aliphatic heterocycles. The van der Waals surface area contributed by atoms with Crippen LogP contribution in [0.2, 0.25) is 0 Å². The van der Waals surface area contributed by atoms with Crippen molar-refractivity contribution in [1.29, 1.82) is 0 Å². The van der Waals surface area contributed by atoms with E-state index in [1.165, 1.54) is 33.8 Å². The minimum Gasteiger partial charge on any atom is -0.314 e. The first kappa shape index (κ1) is 12.0. The monoisotopic (exact) mass is 249 g/mol. The summed E-state index contributed by atoms with van der Waals surface area (Å²) in [5, 5.41) is 2.63. The van der Waals surface area contributed by atoms with E-state index in [-0.39, 0.29) is 0 Å². The lowest BCUT2D eigenvalue weighted by molar-refractivity contribution is 0.923. The maximum atomic E-state index is 4.14. The Hall–Kier alpha value is -2.02. The van der Waals surface area contributed by atoms with Gasteiger partial charge in [-0.1, -0.05) is 50.3 Å². The van der Waals surface area contributed by atoms with Crippen LogP contribution in [0.4, 0.5) is 0 Å². The molecule has 1 aromatic heterocycles. The highest BCUT2D eigenvalue weighted by Gasteiger charge is 2.10. The third-order valence-electron chi connectivity index (χ3n) is 3.66. The van der Waals surface area contributed by atoms with E-state index in [1.807, 2.05) is 0 Å². The number of hydrogen-bond acceptors (Lipinski definition) is 0. The molecule has 3 aromatic rings. The SMILES string of the molecule is C=C(C)n1c2ccccc2c2ccc(CCC)cc21. The summed E-state index contributed by atoms with van der Waals surface area (Å²) < 4.78 is 2.27. The van der Waals surface area contributed by atoms with Gasteiger partial charge in [0.25, 0.3) is 0 Å². The fourth-order valence-corrected chi connectivity index (χ4v) is 2.87. The summed E-state index contributed by atoms with van der Waals surface area (Å²) in [7, 11) is 0. The highest BCUT2D eigenvalue weighted by atomic mass is 15.0. The average Bonchev–Trinajstić information content (AvgIpc) is 2.72. The molecular formula is C18H19N. The molecule has 0 spiro atoms. The van der Waals surface area contributed by atoms with Gasteiger partial charge in [0.1, 0.15) is 0 Å². The fraction of sp³-hybridized carbons (Fsp3) is 0.222. The van der Waals surface area contributed by atoms with Gasteiger partial charge in [0, 0.05) is 16.5 Å². The Morgan fingerprint density at radius 3 is 2.53 bits per heavy atom. The second-order valence-corrected chi connectivity index (χ2v) is 5.19.